The lowest BCUT2D eigenvalue weighted by Crippen LogP contribution is -2.27. The van der Waals surface area contributed by atoms with E-state index in [1.165, 1.54) is 69.0 Å². The highest BCUT2D eigenvalue weighted by Crippen LogP contribution is 2.21. The van der Waals surface area contributed by atoms with E-state index in [9.17, 15) is 8.78 Å². The minimum absolute atomic E-state index is 0.199. The van der Waals surface area contributed by atoms with Crippen molar-refractivity contribution in [2.75, 3.05) is 13.1 Å². The lowest BCUT2D eigenvalue weighted by molar-refractivity contribution is 0.241. The van der Waals surface area contributed by atoms with Crippen molar-refractivity contribution in [3.63, 3.8) is 0 Å². The Morgan fingerprint density at radius 2 is 0.656 bits per heavy atom. The van der Waals surface area contributed by atoms with E-state index in [-0.39, 0.29) is 11.6 Å². The average Bonchev–Trinajstić information content (AvgIpc) is 3.74. The molecule has 0 radical (unpaired) electrons. The molecule has 0 fully saturated rings. The van der Waals surface area contributed by atoms with Gasteiger partial charge in [-0.3, -0.25) is 19.2 Å². The van der Waals surface area contributed by atoms with Crippen LogP contribution in [0.25, 0.3) is 0 Å². The van der Waals surface area contributed by atoms with Crippen LogP contribution in [0.1, 0.15) is 67.3 Å². The molecule has 0 aliphatic carbocycles. The normalized spacial score (nSPS) is 11.2. The minimum atomic E-state index is -0.199. The van der Waals surface area contributed by atoms with Crippen LogP contribution in [0.15, 0.2) is 170 Å². The summed E-state index contributed by atoms with van der Waals surface area (Å²) in [5.74, 6) is -0.398. The summed E-state index contributed by atoms with van der Waals surface area (Å²) in [6, 6.07) is 56.0. The van der Waals surface area contributed by atoms with Gasteiger partial charge in [-0.2, -0.15) is 10.2 Å². The largest absolute Gasteiger partial charge is 0.293 e. The SMILES string of the molecule is Cc1nn(CCN(Cc2ccccc2)Cc2ccccc2)c(C)c1Cc1ccc(F)cc1.Cc1nn(CCN(Cc2ccccc2)Cc2ccccc2)c(C)c1Cc1ccc(F)cc1. The van der Waals surface area contributed by atoms with Crippen LogP contribution in [-0.2, 0) is 52.1 Å². The van der Waals surface area contributed by atoms with Crippen molar-refractivity contribution in [3.05, 3.63) is 249 Å². The van der Waals surface area contributed by atoms with Crippen molar-refractivity contribution >= 4 is 0 Å². The summed E-state index contributed by atoms with van der Waals surface area (Å²) in [4.78, 5) is 4.95. The molecule has 8 aromatic rings. The van der Waals surface area contributed by atoms with Gasteiger partial charge >= 0.3 is 0 Å². The Hall–Kier alpha value is -6.48. The van der Waals surface area contributed by atoms with Gasteiger partial charge in [0.1, 0.15) is 11.6 Å². The van der Waals surface area contributed by atoms with E-state index in [4.69, 9.17) is 10.2 Å². The Morgan fingerprint density at radius 3 is 0.938 bits per heavy atom. The number of aromatic nitrogens is 4. The van der Waals surface area contributed by atoms with E-state index in [1.54, 1.807) is 0 Å². The number of hydrogen-bond acceptors (Lipinski definition) is 4. The van der Waals surface area contributed by atoms with Gasteiger partial charge in [-0.25, -0.2) is 8.78 Å². The first-order valence-corrected chi connectivity index (χ1v) is 22.3. The van der Waals surface area contributed by atoms with Gasteiger partial charge in [0.15, 0.2) is 0 Å². The molecule has 0 atom stereocenters. The fourth-order valence-corrected chi connectivity index (χ4v) is 8.29. The fraction of sp³-hybridized carbons (Fsp3) is 0.250. The second-order valence-corrected chi connectivity index (χ2v) is 16.7. The van der Waals surface area contributed by atoms with E-state index in [0.717, 1.165) is 87.7 Å². The van der Waals surface area contributed by atoms with Crippen LogP contribution in [0.3, 0.4) is 0 Å². The van der Waals surface area contributed by atoms with Gasteiger partial charge < -0.3 is 0 Å². The number of hydrogen-bond donors (Lipinski definition) is 0. The molecule has 6 nitrogen and oxygen atoms in total. The quantitative estimate of drug-likeness (QED) is 0.0862. The highest BCUT2D eigenvalue weighted by atomic mass is 19.1. The van der Waals surface area contributed by atoms with Gasteiger partial charge in [0, 0.05) is 74.6 Å². The van der Waals surface area contributed by atoms with Crippen LogP contribution in [0.2, 0.25) is 0 Å². The molecule has 0 N–H and O–H groups in total. The molecule has 0 aliphatic rings. The Kier molecular flexibility index (Phi) is 16.2. The number of rotatable bonds is 18. The van der Waals surface area contributed by atoms with Gasteiger partial charge in [0.2, 0.25) is 0 Å². The Morgan fingerprint density at radius 1 is 0.375 bits per heavy atom. The predicted molar refractivity (Wildman–Crippen MR) is 256 cm³/mol. The third-order valence-electron chi connectivity index (χ3n) is 11.9. The smallest absolute Gasteiger partial charge is 0.123 e. The van der Waals surface area contributed by atoms with E-state index < -0.39 is 0 Å². The van der Waals surface area contributed by atoms with Crippen molar-refractivity contribution in [2.45, 2.75) is 79.8 Å². The summed E-state index contributed by atoms with van der Waals surface area (Å²) in [6.45, 7) is 15.5. The third-order valence-corrected chi connectivity index (χ3v) is 11.9. The van der Waals surface area contributed by atoms with E-state index in [0.29, 0.717) is 0 Å². The zero-order valence-corrected chi connectivity index (χ0v) is 37.7. The van der Waals surface area contributed by atoms with E-state index in [2.05, 4.69) is 168 Å². The van der Waals surface area contributed by atoms with Crippen LogP contribution in [0.4, 0.5) is 8.78 Å². The summed E-state index contributed by atoms with van der Waals surface area (Å²) in [5, 5.41) is 9.65. The van der Waals surface area contributed by atoms with Crippen LogP contribution in [0, 0.1) is 39.3 Å². The topological polar surface area (TPSA) is 42.1 Å². The molecule has 0 bridgehead atoms. The molecule has 328 valence electrons. The maximum Gasteiger partial charge on any atom is 0.123 e. The van der Waals surface area contributed by atoms with Gasteiger partial charge in [0.05, 0.1) is 24.5 Å². The van der Waals surface area contributed by atoms with Crippen LogP contribution in [0.5, 0.6) is 0 Å². The van der Waals surface area contributed by atoms with Gasteiger partial charge in [0.25, 0.3) is 0 Å². The van der Waals surface area contributed by atoms with Gasteiger partial charge in [-0.05, 0) is 85.3 Å². The molecular formula is C56H60F2N6. The summed E-state index contributed by atoms with van der Waals surface area (Å²) < 4.78 is 30.8. The summed E-state index contributed by atoms with van der Waals surface area (Å²) >= 11 is 0. The maximum absolute atomic E-state index is 13.3. The number of nitrogens with zero attached hydrogens (tertiary/aromatic N) is 6. The Labute approximate surface area is 378 Å². The maximum atomic E-state index is 13.3. The number of benzene rings is 6. The van der Waals surface area contributed by atoms with Crippen LogP contribution >= 0.6 is 0 Å². The Bertz CT molecular complexity index is 2340. The highest BCUT2D eigenvalue weighted by molar-refractivity contribution is 5.33. The molecule has 0 saturated heterocycles. The molecule has 0 aliphatic heterocycles. The molecule has 2 heterocycles. The zero-order chi connectivity index (χ0) is 44.7. The lowest BCUT2D eigenvalue weighted by Gasteiger charge is -2.23. The highest BCUT2D eigenvalue weighted by Gasteiger charge is 2.16. The first kappa shape index (κ1) is 45.5. The average molecular weight is 855 g/mol. The molecule has 6 aromatic carbocycles. The van der Waals surface area contributed by atoms with Crippen molar-refractivity contribution in [2.24, 2.45) is 0 Å². The first-order chi connectivity index (χ1) is 31.2. The van der Waals surface area contributed by atoms with Gasteiger partial charge in [-0.15, -0.1) is 0 Å². The fourth-order valence-electron chi connectivity index (χ4n) is 8.29. The first-order valence-electron chi connectivity index (χ1n) is 22.3. The second-order valence-electron chi connectivity index (χ2n) is 16.7. The molecule has 0 amide bonds. The van der Waals surface area contributed by atoms with Crippen molar-refractivity contribution in [3.8, 4) is 0 Å². The zero-order valence-electron chi connectivity index (χ0n) is 37.7. The van der Waals surface area contributed by atoms with Crippen molar-refractivity contribution in [1.29, 1.82) is 0 Å². The van der Waals surface area contributed by atoms with E-state index in [1.807, 2.05) is 24.3 Å². The molecule has 64 heavy (non-hydrogen) atoms. The van der Waals surface area contributed by atoms with Crippen LogP contribution < -0.4 is 0 Å². The monoisotopic (exact) mass is 854 g/mol. The third kappa shape index (κ3) is 13.3. The molecule has 8 rings (SSSR count). The minimum Gasteiger partial charge on any atom is -0.293 e. The Balaban J connectivity index is 0.000000191. The van der Waals surface area contributed by atoms with Gasteiger partial charge in [-0.1, -0.05) is 146 Å². The molecule has 0 unspecified atom stereocenters. The predicted octanol–water partition coefficient (Wildman–Crippen LogP) is 11.9. The molecule has 2 aromatic heterocycles. The number of aryl methyl sites for hydroxylation is 2. The standard InChI is InChI=1S/2C28H30FN3/c2*1-22-28(19-24-13-15-27(29)16-14-24)23(2)32(30-22)18-17-31(20-25-9-5-3-6-10-25)21-26-11-7-4-8-12-26/h2*3-16H,17-21H2,1-2H3. The molecule has 0 spiro atoms. The van der Waals surface area contributed by atoms with Crippen LogP contribution in [-0.4, -0.2) is 42.5 Å². The summed E-state index contributed by atoms with van der Waals surface area (Å²) in [7, 11) is 0. The lowest BCUT2D eigenvalue weighted by atomic mass is 10.0. The van der Waals surface area contributed by atoms with E-state index >= 15 is 0 Å². The molecule has 8 heteroatoms. The summed E-state index contributed by atoms with van der Waals surface area (Å²) in [6.07, 6.45) is 1.55. The second kappa shape index (κ2) is 22.7. The summed E-state index contributed by atoms with van der Waals surface area (Å²) in [5.41, 5.74) is 14.4. The van der Waals surface area contributed by atoms with Crippen molar-refractivity contribution < 1.29 is 8.78 Å². The molecule has 0 saturated carbocycles. The number of halogens is 2. The van der Waals surface area contributed by atoms with Crippen molar-refractivity contribution in [1.82, 2.24) is 29.4 Å². The molecular weight excluding hydrogens is 795 g/mol.